The molecule has 0 aliphatic carbocycles. The number of nitrogens with zero attached hydrogens (tertiary/aromatic N) is 1. The Kier molecular flexibility index (Phi) is 3.05. The molecule has 0 spiro atoms. The van der Waals surface area contributed by atoms with E-state index in [0.29, 0.717) is 12.4 Å². The molecule has 12 heavy (non-hydrogen) atoms. The minimum atomic E-state index is 0.249. The third kappa shape index (κ3) is 2.88. The van der Waals surface area contributed by atoms with Crippen molar-refractivity contribution in [2.24, 2.45) is 0 Å². The van der Waals surface area contributed by atoms with Gasteiger partial charge in [0.25, 0.3) is 0 Å². The van der Waals surface area contributed by atoms with Gasteiger partial charge in [-0.1, -0.05) is 0 Å². The van der Waals surface area contributed by atoms with E-state index >= 15 is 0 Å². The Morgan fingerprint density at radius 2 is 2.33 bits per heavy atom. The van der Waals surface area contributed by atoms with Crippen molar-refractivity contribution in [2.75, 3.05) is 5.73 Å². The Morgan fingerprint density at radius 3 is 2.92 bits per heavy atom. The van der Waals surface area contributed by atoms with Crippen LogP contribution in [0.25, 0.3) is 0 Å². The fourth-order valence-corrected chi connectivity index (χ4v) is 0.847. The molecule has 0 radical (unpaired) electrons. The second-order valence-electron chi connectivity index (χ2n) is 2.95. The Hall–Kier alpha value is -1.09. The number of pyridine rings is 1. The molecule has 3 heteroatoms. The van der Waals surface area contributed by atoms with Gasteiger partial charge < -0.3 is 10.5 Å². The molecule has 0 saturated carbocycles. The van der Waals surface area contributed by atoms with E-state index < -0.39 is 0 Å². The van der Waals surface area contributed by atoms with Crippen LogP contribution in [0.3, 0.4) is 0 Å². The summed E-state index contributed by atoms with van der Waals surface area (Å²) < 4.78 is 5.40. The minimum absolute atomic E-state index is 0.249. The van der Waals surface area contributed by atoms with E-state index in [-0.39, 0.29) is 6.10 Å². The van der Waals surface area contributed by atoms with Gasteiger partial charge in [0.05, 0.1) is 12.7 Å². The average molecular weight is 166 g/mol. The molecular formula is C9H14N2O. The fraction of sp³-hybridized carbons (Fsp3) is 0.444. The number of hydrogen-bond donors (Lipinski definition) is 1. The zero-order valence-corrected chi connectivity index (χ0v) is 7.45. The molecule has 1 heterocycles. The molecule has 1 aromatic rings. The maximum atomic E-state index is 5.50. The van der Waals surface area contributed by atoms with Crippen LogP contribution in [-0.4, -0.2) is 11.1 Å². The van der Waals surface area contributed by atoms with Crippen molar-refractivity contribution in [3.8, 4) is 0 Å². The van der Waals surface area contributed by atoms with Gasteiger partial charge in [0.1, 0.15) is 5.82 Å². The van der Waals surface area contributed by atoms with Crippen LogP contribution in [0.1, 0.15) is 19.4 Å². The Morgan fingerprint density at radius 1 is 1.58 bits per heavy atom. The molecule has 1 aromatic heterocycles. The SMILES string of the molecule is CC(C)OCc1ccnc(N)c1. The second-order valence-corrected chi connectivity index (χ2v) is 2.95. The van der Waals surface area contributed by atoms with Crippen LogP contribution in [0.4, 0.5) is 5.82 Å². The van der Waals surface area contributed by atoms with Gasteiger partial charge in [0.15, 0.2) is 0 Å². The maximum absolute atomic E-state index is 5.50. The summed E-state index contributed by atoms with van der Waals surface area (Å²) in [6.07, 6.45) is 1.94. The van der Waals surface area contributed by atoms with E-state index in [1.165, 1.54) is 0 Å². The predicted molar refractivity (Wildman–Crippen MR) is 48.6 cm³/mol. The lowest BCUT2D eigenvalue weighted by molar-refractivity contribution is 0.0657. The van der Waals surface area contributed by atoms with Crippen molar-refractivity contribution in [3.63, 3.8) is 0 Å². The Balaban J connectivity index is 2.52. The Labute approximate surface area is 72.6 Å². The van der Waals surface area contributed by atoms with E-state index in [0.717, 1.165) is 5.56 Å². The molecule has 2 N–H and O–H groups in total. The zero-order valence-electron chi connectivity index (χ0n) is 7.45. The first-order valence-corrected chi connectivity index (χ1v) is 4.00. The van der Waals surface area contributed by atoms with Crippen LogP contribution < -0.4 is 5.73 Å². The number of aromatic nitrogens is 1. The molecule has 0 aliphatic rings. The van der Waals surface area contributed by atoms with Crippen molar-refractivity contribution in [3.05, 3.63) is 23.9 Å². The Bertz CT molecular complexity index is 248. The van der Waals surface area contributed by atoms with E-state index in [4.69, 9.17) is 10.5 Å². The normalized spacial score (nSPS) is 10.6. The summed E-state index contributed by atoms with van der Waals surface area (Å²) in [7, 11) is 0. The third-order valence-electron chi connectivity index (χ3n) is 1.43. The van der Waals surface area contributed by atoms with Gasteiger partial charge in [-0.25, -0.2) is 4.98 Å². The van der Waals surface area contributed by atoms with Gasteiger partial charge in [0, 0.05) is 6.20 Å². The van der Waals surface area contributed by atoms with Crippen molar-refractivity contribution < 1.29 is 4.74 Å². The summed E-state index contributed by atoms with van der Waals surface area (Å²) in [6.45, 7) is 4.61. The predicted octanol–water partition coefficient (Wildman–Crippen LogP) is 1.59. The summed E-state index contributed by atoms with van der Waals surface area (Å²) in [4.78, 5) is 3.89. The highest BCUT2D eigenvalue weighted by Gasteiger charge is 1.96. The number of nitrogen functional groups attached to an aromatic ring is 1. The summed E-state index contributed by atoms with van der Waals surface area (Å²) in [6, 6.07) is 3.72. The summed E-state index contributed by atoms with van der Waals surface area (Å²) in [5.74, 6) is 0.542. The smallest absolute Gasteiger partial charge is 0.123 e. The maximum Gasteiger partial charge on any atom is 0.123 e. The molecule has 0 bridgehead atoms. The average Bonchev–Trinajstić information content (AvgIpc) is 2.01. The number of hydrogen-bond acceptors (Lipinski definition) is 3. The largest absolute Gasteiger partial charge is 0.384 e. The monoisotopic (exact) mass is 166 g/mol. The molecule has 1 rings (SSSR count). The lowest BCUT2D eigenvalue weighted by Gasteiger charge is -2.06. The molecule has 3 nitrogen and oxygen atoms in total. The van der Waals surface area contributed by atoms with Gasteiger partial charge in [0.2, 0.25) is 0 Å². The first-order valence-electron chi connectivity index (χ1n) is 4.00. The number of ether oxygens (including phenoxy) is 1. The van der Waals surface area contributed by atoms with E-state index in [1.54, 1.807) is 6.20 Å². The minimum Gasteiger partial charge on any atom is -0.384 e. The number of anilines is 1. The van der Waals surface area contributed by atoms with Crippen LogP contribution in [0.5, 0.6) is 0 Å². The van der Waals surface area contributed by atoms with Gasteiger partial charge >= 0.3 is 0 Å². The van der Waals surface area contributed by atoms with Crippen molar-refractivity contribution in [2.45, 2.75) is 26.6 Å². The van der Waals surface area contributed by atoms with Crippen LogP contribution in [-0.2, 0) is 11.3 Å². The number of nitrogens with two attached hydrogens (primary N) is 1. The molecule has 0 atom stereocenters. The molecule has 0 amide bonds. The first-order chi connectivity index (χ1) is 5.68. The standard InChI is InChI=1S/C9H14N2O/c1-7(2)12-6-8-3-4-11-9(10)5-8/h3-5,7H,6H2,1-2H3,(H2,10,11). The molecule has 66 valence electrons. The molecule has 0 unspecified atom stereocenters. The second kappa shape index (κ2) is 4.07. The fourth-order valence-electron chi connectivity index (χ4n) is 0.847. The highest BCUT2D eigenvalue weighted by atomic mass is 16.5. The van der Waals surface area contributed by atoms with Crippen molar-refractivity contribution in [1.29, 1.82) is 0 Å². The summed E-state index contributed by atoms with van der Waals surface area (Å²) >= 11 is 0. The first kappa shape index (κ1) is 9.00. The molecule has 0 aliphatic heterocycles. The molecular weight excluding hydrogens is 152 g/mol. The van der Waals surface area contributed by atoms with Gasteiger partial charge in [-0.3, -0.25) is 0 Å². The van der Waals surface area contributed by atoms with Gasteiger partial charge in [-0.05, 0) is 31.5 Å². The van der Waals surface area contributed by atoms with Gasteiger partial charge in [-0.2, -0.15) is 0 Å². The van der Waals surface area contributed by atoms with Crippen LogP contribution in [0.2, 0.25) is 0 Å². The molecule has 0 saturated heterocycles. The summed E-state index contributed by atoms with van der Waals surface area (Å²) in [5.41, 5.74) is 6.56. The van der Waals surface area contributed by atoms with Crippen molar-refractivity contribution in [1.82, 2.24) is 4.98 Å². The molecule has 0 aromatic carbocycles. The third-order valence-corrected chi connectivity index (χ3v) is 1.43. The van der Waals surface area contributed by atoms with Crippen LogP contribution in [0.15, 0.2) is 18.3 Å². The molecule has 0 fully saturated rings. The number of rotatable bonds is 3. The highest BCUT2D eigenvalue weighted by Crippen LogP contribution is 2.05. The highest BCUT2D eigenvalue weighted by molar-refractivity contribution is 5.31. The van der Waals surface area contributed by atoms with E-state index in [9.17, 15) is 0 Å². The van der Waals surface area contributed by atoms with Crippen LogP contribution in [0, 0.1) is 0 Å². The topological polar surface area (TPSA) is 48.1 Å². The van der Waals surface area contributed by atoms with Gasteiger partial charge in [-0.15, -0.1) is 0 Å². The lowest BCUT2D eigenvalue weighted by Crippen LogP contribution is -2.02. The zero-order chi connectivity index (χ0) is 8.97. The lowest BCUT2D eigenvalue weighted by atomic mass is 10.3. The quantitative estimate of drug-likeness (QED) is 0.741. The van der Waals surface area contributed by atoms with E-state index in [2.05, 4.69) is 4.98 Å². The van der Waals surface area contributed by atoms with Crippen molar-refractivity contribution >= 4 is 5.82 Å². The van der Waals surface area contributed by atoms with E-state index in [1.807, 2.05) is 26.0 Å². The summed E-state index contributed by atoms with van der Waals surface area (Å²) in [5, 5.41) is 0. The van der Waals surface area contributed by atoms with Crippen LogP contribution >= 0.6 is 0 Å².